The predicted molar refractivity (Wildman–Crippen MR) is 471 cm³/mol. The molecular weight excluding hydrogens is 1640 g/mol. The topological polar surface area (TPSA) is 203 Å². The van der Waals surface area contributed by atoms with Crippen LogP contribution in [0.4, 0.5) is 35.0 Å². The number of rotatable bonds is 24. The molecule has 28 heteroatoms. The number of hydrogen-bond donors (Lipinski definition) is 2. The van der Waals surface area contributed by atoms with E-state index in [0.717, 1.165) is 24.0 Å². The molecule has 3 aliphatic heterocycles. The summed E-state index contributed by atoms with van der Waals surface area (Å²) in [5.74, 6) is -0.678. The molecule has 3 aliphatic rings. The van der Waals surface area contributed by atoms with E-state index in [9.17, 15) is 46.7 Å². The van der Waals surface area contributed by atoms with Crippen molar-refractivity contribution in [3.63, 3.8) is 0 Å². The molecule has 9 aromatic carbocycles. The number of anilines is 3. The zero-order valence-corrected chi connectivity index (χ0v) is 72.5. The molecule has 2 N–H and O–H groups in total. The predicted octanol–water partition coefficient (Wildman–Crippen LogP) is 18.8. The minimum absolute atomic E-state index is 0. The Morgan fingerprint density at radius 1 is 0.408 bits per heavy atom. The lowest BCUT2D eigenvalue weighted by Gasteiger charge is -2.43. The fourth-order valence-corrected chi connectivity index (χ4v) is 14.8. The second-order valence-electron chi connectivity index (χ2n) is 29.9. The summed E-state index contributed by atoms with van der Waals surface area (Å²) in [7, 11) is 0. The van der Waals surface area contributed by atoms with Crippen molar-refractivity contribution in [2.45, 2.75) is 123 Å². The van der Waals surface area contributed by atoms with Crippen LogP contribution in [0.1, 0.15) is 112 Å². The Kier molecular flexibility index (Phi) is 35.9. The van der Waals surface area contributed by atoms with Gasteiger partial charge in [0.2, 0.25) is 17.7 Å². The van der Waals surface area contributed by atoms with E-state index in [1.165, 1.54) is 63.2 Å². The van der Waals surface area contributed by atoms with Gasteiger partial charge < -0.3 is 49.2 Å². The van der Waals surface area contributed by atoms with Crippen LogP contribution in [0.15, 0.2) is 218 Å². The summed E-state index contributed by atoms with van der Waals surface area (Å²) < 4.78 is 65.1. The molecule has 9 aromatic rings. The van der Waals surface area contributed by atoms with Crippen molar-refractivity contribution in [3.05, 3.63) is 269 Å². The minimum atomic E-state index is -1.13. The first-order chi connectivity index (χ1) is 56.7. The quantitative estimate of drug-likeness (QED) is 0.0541. The fourth-order valence-electron chi connectivity index (χ4n) is 14.4. The van der Waals surface area contributed by atoms with Gasteiger partial charge in [-0.1, -0.05) is 112 Å². The average molecular weight is 1750 g/mol. The van der Waals surface area contributed by atoms with Gasteiger partial charge in [-0.3, -0.25) is 43.5 Å². The molecule has 0 aromatic heterocycles. The zero-order valence-electron chi connectivity index (χ0n) is 68.6. The Balaban J connectivity index is 0.000000223. The Morgan fingerprint density at radius 3 is 0.975 bits per heavy atom. The monoisotopic (exact) mass is 1740 g/mol. The van der Waals surface area contributed by atoms with Crippen LogP contribution >= 0.6 is 59.6 Å². The number of piperazine rings is 3. The highest BCUT2D eigenvalue weighted by atomic mass is 35.5. The van der Waals surface area contributed by atoms with Crippen molar-refractivity contribution in [1.29, 1.82) is 0 Å². The standard InChI is InChI=1S/C34H39ClFN3O5.2C29H31ClFN3O3.2ClH/c1-6-26-22-37(18-19-38(26)33(42)44-34(3,4)5)32(41)31(24-12-14-25(36)15-13-24)39(30(40)21-35)29-17-16-28(20-23(29)2)43-27-10-8-7-9-11-27;2*1-3-23-19-33(16-15-32-23)29(36)28(21-9-11-22(31)12-10-21)34(27(35)18-30)26-14-13-25(17-20(26)2)37-24-7-5-4-6-8-24;;/h7-17,20,26,31H,6,18-19,21-22H2,1-5H3;2*4-14,17,23,28,32H,3,15-16,18-19H2,1-2H3;2*1H/t26-,31+;23-,28+;23-,28-;;/m100../s1. The zero-order chi connectivity index (χ0) is 84.7. The fraction of sp³-hybridized carbons (Fsp3) is 0.337. The second-order valence-corrected chi connectivity index (χ2v) is 30.7. The number of alkyl halides is 3. The summed E-state index contributed by atoms with van der Waals surface area (Å²) in [5.41, 5.74) is 4.50. The number of benzene rings is 9. The van der Waals surface area contributed by atoms with Gasteiger partial charge in [0.1, 0.15) is 93.3 Å². The summed E-state index contributed by atoms with van der Waals surface area (Å²) in [6.45, 7) is 21.2. The Labute approximate surface area is 727 Å². The lowest BCUT2D eigenvalue weighted by atomic mass is 9.99. The molecule has 638 valence electrons. The molecule has 6 atom stereocenters. The molecule has 20 nitrogen and oxygen atoms in total. The van der Waals surface area contributed by atoms with Crippen LogP contribution in [0.3, 0.4) is 0 Å². The summed E-state index contributed by atoms with van der Waals surface area (Å²) in [6.07, 6.45) is 1.91. The Hall–Kier alpha value is -10.4. The second kappa shape index (κ2) is 45.3. The van der Waals surface area contributed by atoms with E-state index in [0.29, 0.717) is 120 Å². The SMILES string of the molecule is CC[C@@H]1CN(C(=O)[C@H](c2ccc(F)cc2)N(C(=O)CCl)c2ccc(Oc3ccccc3)cc2C)CCN1C(=O)OC(C)(C)C.CC[C@H]1CN(C(=O)[C@@H](c2ccc(F)cc2)N(C(=O)CCl)c2ccc(Oc3ccccc3)cc2C)CCN1.CC[C@H]1CN(C(=O)[C@H](c2ccc(F)cc2)N(C(=O)CCl)c2ccc(Oc3ccccc3)cc2C)CCN1.Cl.Cl. The Morgan fingerprint density at radius 2 is 0.708 bits per heavy atom. The number of carbonyl (C=O) groups excluding carboxylic acids is 7. The number of nitrogens with zero attached hydrogens (tertiary/aromatic N) is 7. The number of hydrogen-bond acceptors (Lipinski definition) is 13. The maximum absolute atomic E-state index is 14.4. The molecule has 3 fully saturated rings. The molecule has 3 saturated heterocycles. The highest BCUT2D eigenvalue weighted by Crippen LogP contribution is 2.40. The number of para-hydroxylation sites is 3. The number of ether oxygens (including phenoxy) is 4. The van der Waals surface area contributed by atoms with Crippen molar-refractivity contribution >= 4 is 118 Å². The summed E-state index contributed by atoms with van der Waals surface area (Å²) >= 11 is 18.3. The molecule has 12 rings (SSSR count). The van der Waals surface area contributed by atoms with E-state index in [4.69, 9.17) is 53.8 Å². The van der Waals surface area contributed by atoms with Gasteiger partial charge in [-0.25, -0.2) is 18.0 Å². The van der Waals surface area contributed by atoms with Crippen molar-refractivity contribution < 1.29 is 65.7 Å². The third kappa shape index (κ3) is 25.1. The van der Waals surface area contributed by atoms with Crippen LogP contribution in [-0.2, 0) is 33.5 Å². The average Bonchev–Trinajstić information content (AvgIpc) is 0.784. The highest BCUT2D eigenvalue weighted by Gasteiger charge is 2.43. The van der Waals surface area contributed by atoms with Crippen LogP contribution < -0.4 is 39.5 Å². The van der Waals surface area contributed by atoms with Crippen LogP contribution in [0.25, 0.3) is 0 Å². The van der Waals surface area contributed by atoms with Crippen LogP contribution in [0.2, 0.25) is 0 Å². The molecular formula is C92H103Cl5F3N9O11. The van der Waals surface area contributed by atoms with Crippen LogP contribution in [-0.4, -0.2) is 161 Å². The van der Waals surface area contributed by atoms with E-state index in [1.54, 1.807) is 86.3 Å². The lowest BCUT2D eigenvalue weighted by Crippen LogP contribution is -2.59. The number of halogens is 8. The van der Waals surface area contributed by atoms with Crippen LogP contribution in [0.5, 0.6) is 34.5 Å². The summed E-state index contributed by atoms with van der Waals surface area (Å²) in [5, 5.41) is 6.82. The van der Waals surface area contributed by atoms with Gasteiger partial charge in [-0.05, 0) is 222 Å². The van der Waals surface area contributed by atoms with Gasteiger partial charge in [-0.2, -0.15) is 0 Å². The van der Waals surface area contributed by atoms with Gasteiger partial charge in [0, 0.05) is 88.0 Å². The smallest absolute Gasteiger partial charge is 0.410 e. The van der Waals surface area contributed by atoms with Crippen molar-refractivity contribution in [3.8, 4) is 34.5 Å². The first kappa shape index (κ1) is 95.1. The number of carbonyl (C=O) groups is 7. The third-order valence-electron chi connectivity index (χ3n) is 20.4. The molecule has 0 spiro atoms. The molecule has 3 heterocycles. The third-order valence-corrected chi connectivity index (χ3v) is 21.1. The normalized spacial score (nSPS) is 15.8. The molecule has 0 aliphatic carbocycles. The molecule has 7 amide bonds. The van der Waals surface area contributed by atoms with E-state index in [-0.39, 0.29) is 97.9 Å². The number of aryl methyl sites for hydroxylation is 3. The van der Waals surface area contributed by atoms with Crippen LogP contribution in [0, 0.1) is 38.2 Å². The number of amides is 7. The van der Waals surface area contributed by atoms with Gasteiger partial charge in [-0.15, -0.1) is 59.6 Å². The first-order valence-corrected chi connectivity index (χ1v) is 41.1. The highest BCUT2D eigenvalue weighted by molar-refractivity contribution is 6.31. The molecule has 0 radical (unpaired) electrons. The molecule has 0 unspecified atom stereocenters. The molecule has 0 saturated carbocycles. The maximum Gasteiger partial charge on any atom is 0.410 e. The lowest BCUT2D eigenvalue weighted by molar-refractivity contribution is -0.137. The largest absolute Gasteiger partial charge is 0.457 e. The summed E-state index contributed by atoms with van der Waals surface area (Å²) in [6, 6.07) is 57.8. The molecule has 120 heavy (non-hydrogen) atoms. The van der Waals surface area contributed by atoms with Crippen molar-refractivity contribution in [1.82, 2.24) is 30.2 Å². The van der Waals surface area contributed by atoms with Gasteiger partial charge in [0.15, 0.2) is 0 Å². The van der Waals surface area contributed by atoms with Gasteiger partial charge in [0.25, 0.3) is 17.7 Å². The van der Waals surface area contributed by atoms with Gasteiger partial charge in [0.05, 0.1) is 6.04 Å². The van der Waals surface area contributed by atoms with Gasteiger partial charge >= 0.3 is 6.09 Å². The van der Waals surface area contributed by atoms with E-state index < -0.39 is 65.0 Å². The molecule has 0 bridgehead atoms. The van der Waals surface area contributed by atoms with Crippen molar-refractivity contribution in [2.24, 2.45) is 0 Å². The van der Waals surface area contributed by atoms with Crippen molar-refractivity contribution in [2.75, 3.05) is 91.2 Å². The Bertz CT molecular complexity index is 4690. The van der Waals surface area contributed by atoms with E-state index >= 15 is 0 Å². The first-order valence-electron chi connectivity index (χ1n) is 39.5. The minimum Gasteiger partial charge on any atom is -0.457 e. The summed E-state index contributed by atoms with van der Waals surface area (Å²) in [4.78, 5) is 107. The van der Waals surface area contributed by atoms with E-state index in [1.807, 2.05) is 152 Å². The van der Waals surface area contributed by atoms with E-state index in [2.05, 4.69) is 24.5 Å². The maximum atomic E-state index is 14.4. The number of nitrogens with one attached hydrogen (secondary N) is 2.